The normalized spacial score (nSPS) is 12.1. The maximum Gasteiger partial charge on any atom is 0.272 e. The molecule has 0 aliphatic carbocycles. The minimum Gasteiger partial charge on any atom is -0.346 e. The van der Waals surface area contributed by atoms with Gasteiger partial charge in [-0.25, -0.2) is 14.1 Å². The highest BCUT2D eigenvalue weighted by Crippen LogP contribution is 2.12. The second-order valence-corrected chi connectivity index (χ2v) is 5.23. The van der Waals surface area contributed by atoms with Crippen molar-refractivity contribution in [3.8, 4) is 5.69 Å². The van der Waals surface area contributed by atoms with Crippen molar-refractivity contribution in [2.45, 2.75) is 19.5 Å². The SMILES string of the molecule is CC(Cn1ccnc1)NC(=O)c1ccn(-c2ccccc2F)n1. The van der Waals surface area contributed by atoms with E-state index < -0.39 is 5.82 Å². The summed E-state index contributed by atoms with van der Waals surface area (Å²) in [5.74, 6) is -0.691. The van der Waals surface area contributed by atoms with Gasteiger partial charge in [-0.2, -0.15) is 5.10 Å². The minimum absolute atomic E-state index is 0.0877. The molecule has 0 spiro atoms. The second kappa shape index (κ2) is 6.43. The maximum atomic E-state index is 13.7. The fraction of sp³-hybridized carbons (Fsp3) is 0.188. The molecule has 7 heteroatoms. The van der Waals surface area contributed by atoms with Gasteiger partial charge in [0.2, 0.25) is 0 Å². The standard InChI is InChI=1S/C16H16FN5O/c1-12(10-21-9-7-18-11-21)19-16(23)14-6-8-22(20-14)15-5-3-2-4-13(15)17/h2-9,11-12H,10H2,1H3,(H,19,23). The first kappa shape index (κ1) is 15.0. The first-order valence-electron chi connectivity index (χ1n) is 7.20. The topological polar surface area (TPSA) is 64.7 Å². The van der Waals surface area contributed by atoms with Crippen LogP contribution in [0.2, 0.25) is 0 Å². The lowest BCUT2D eigenvalue weighted by Crippen LogP contribution is -2.35. The molecule has 0 aliphatic rings. The first-order valence-corrected chi connectivity index (χ1v) is 7.20. The third-order valence-electron chi connectivity index (χ3n) is 3.34. The van der Waals surface area contributed by atoms with Crippen LogP contribution in [0.25, 0.3) is 5.69 Å². The van der Waals surface area contributed by atoms with Crippen LogP contribution in [-0.2, 0) is 6.54 Å². The van der Waals surface area contributed by atoms with Crippen molar-refractivity contribution in [3.63, 3.8) is 0 Å². The number of benzene rings is 1. The Labute approximate surface area is 132 Å². The van der Waals surface area contributed by atoms with Gasteiger partial charge in [-0.05, 0) is 25.1 Å². The number of rotatable bonds is 5. The summed E-state index contributed by atoms with van der Waals surface area (Å²) in [4.78, 5) is 16.2. The number of imidazole rings is 1. The zero-order chi connectivity index (χ0) is 16.2. The average Bonchev–Trinajstić information content (AvgIpc) is 3.19. The Kier molecular flexibility index (Phi) is 4.18. The van der Waals surface area contributed by atoms with Gasteiger partial charge in [0, 0.05) is 31.2 Å². The lowest BCUT2D eigenvalue weighted by Gasteiger charge is -2.13. The molecular weight excluding hydrogens is 297 g/mol. The van der Waals surface area contributed by atoms with Crippen LogP contribution in [0.5, 0.6) is 0 Å². The molecule has 0 bridgehead atoms. The molecule has 1 N–H and O–H groups in total. The van der Waals surface area contributed by atoms with Gasteiger partial charge in [-0.1, -0.05) is 12.1 Å². The van der Waals surface area contributed by atoms with Gasteiger partial charge in [0.05, 0.1) is 6.33 Å². The van der Waals surface area contributed by atoms with E-state index in [1.54, 1.807) is 43.0 Å². The monoisotopic (exact) mass is 313 g/mol. The summed E-state index contributed by atoms with van der Waals surface area (Å²) in [5, 5.41) is 6.99. The molecule has 0 aliphatic heterocycles. The van der Waals surface area contributed by atoms with Gasteiger partial charge in [0.15, 0.2) is 5.69 Å². The van der Waals surface area contributed by atoms with E-state index in [4.69, 9.17) is 0 Å². The first-order chi connectivity index (χ1) is 11.1. The lowest BCUT2D eigenvalue weighted by molar-refractivity contribution is 0.0931. The Morgan fingerprint density at radius 3 is 2.87 bits per heavy atom. The van der Waals surface area contributed by atoms with Crippen molar-refractivity contribution < 1.29 is 9.18 Å². The van der Waals surface area contributed by atoms with Crippen LogP contribution in [0.15, 0.2) is 55.2 Å². The van der Waals surface area contributed by atoms with Gasteiger partial charge < -0.3 is 9.88 Å². The number of amides is 1. The molecule has 6 nitrogen and oxygen atoms in total. The molecular formula is C16H16FN5O. The van der Waals surface area contributed by atoms with Gasteiger partial charge in [0.1, 0.15) is 11.5 Å². The number of hydrogen-bond donors (Lipinski definition) is 1. The van der Waals surface area contributed by atoms with Gasteiger partial charge in [-0.3, -0.25) is 4.79 Å². The summed E-state index contributed by atoms with van der Waals surface area (Å²) in [7, 11) is 0. The molecule has 1 amide bonds. The molecule has 0 saturated heterocycles. The van der Waals surface area contributed by atoms with Gasteiger partial charge in [0.25, 0.3) is 5.91 Å². The molecule has 0 radical (unpaired) electrons. The Hall–Kier alpha value is -2.96. The fourth-order valence-electron chi connectivity index (χ4n) is 2.27. The van der Waals surface area contributed by atoms with Crippen molar-refractivity contribution in [1.29, 1.82) is 0 Å². The summed E-state index contributed by atoms with van der Waals surface area (Å²) in [6.45, 7) is 2.51. The third kappa shape index (κ3) is 3.45. The summed E-state index contributed by atoms with van der Waals surface area (Å²) in [6, 6.07) is 7.75. The summed E-state index contributed by atoms with van der Waals surface area (Å²) in [5.41, 5.74) is 0.545. The van der Waals surface area contributed by atoms with E-state index in [9.17, 15) is 9.18 Å². The number of halogens is 1. The Morgan fingerprint density at radius 1 is 1.30 bits per heavy atom. The minimum atomic E-state index is -0.393. The second-order valence-electron chi connectivity index (χ2n) is 5.23. The third-order valence-corrected chi connectivity index (χ3v) is 3.34. The number of hydrogen-bond acceptors (Lipinski definition) is 3. The largest absolute Gasteiger partial charge is 0.346 e. The van der Waals surface area contributed by atoms with Crippen molar-refractivity contribution >= 4 is 5.91 Å². The van der Waals surface area contributed by atoms with Crippen molar-refractivity contribution in [2.24, 2.45) is 0 Å². The number of nitrogens with one attached hydrogen (secondary N) is 1. The van der Waals surface area contributed by atoms with Crippen molar-refractivity contribution in [1.82, 2.24) is 24.6 Å². The van der Waals surface area contributed by atoms with Crippen LogP contribution >= 0.6 is 0 Å². The number of nitrogens with zero attached hydrogens (tertiary/aromatic N) is 4. The van der Waals surface area contributed by atoms with Gasteiger partial charge in [-0.15, -0.1) is 0 Å². The smallest absolute Gasteiger partial charge is 0.272 e. The van der Waals surface area contributed by atoms with Crippen LogP contribution in [0.1, 0.15) is 17.4 Å². The molecule has 23 heavy (non-hydrogen) atoms. The number of carbonyl (C=O) groups excluding carboxylic acids is 1. The molecule has 1 atom stereocenters. The molecule has 118 valence electrons. The van der Waals surface area contributed by atoms with E-state index >= 15 is 0 Å². The summed E-state index contributed by atoms with van der Waals surface area (Å²) < 4.78 is 17.0. The van der Waals surface area contributed by atoms with E-state index in [0.29, 0.717) is 12.2 Å². The quantitative estimate of drug-likeness (QED) is 0.784. The Bertz CT molecular complexity index is 796. The lowest BCUT2D eigenvalue weighted by atomic mass is 10.3. The Balaban J connectivity index is 1.68. The number of para-hydroxylation sites is 1. The molecule has 0 fully saturated rings. The highest BCUT2D eigenvalue weighted by Gasteiger charge is 2.14. The zero-order valence-corrected chi connectivity index (χ0v) is 12.6. The molecule has 3 rings (SSSR count). The van der Waals surface area contributed by atoms with Crippen molar-refractivity contribution in [3.05, 3.63) is 66.8 Å². The molecule has 1 unspecified atom stereocenters. The number of carbonyl (C=O) groups is 1. The summed E-state index contributed by atoms with van der Waals surface area (Å²) >= 11 is 0. The fourth-order valence-corrected chi connectivity index (χ4v) is 2.27. The molecule has 3 aromatic rings. The summed E-state index contributed by atoms with van der Waals surface area (Å²) in [6.07, 6.45) is 6.77. The highest BCUT2D eigenvalue weighted by atomic mass is 19.1. The van der Waals surface area contributed by atoms with Crippen LogP contribution in [-0.4, -0.2) is 31.3 Å². The highest BCUT2D eigenvalue weighted by molar-refractivity contribution is 5.92. The Morgan fingerprint density at radius 2 is 2.13 bits per heavy atom. The van der Waals surface area contributed by atoms with Gasteiger partial charge >= 0.3 is 0 Å². The van der Waals surface area contributed by atoms with E-state index in [1.165, 1.54) is 10.7 Å². The van der Waals surface area contributed by atoms with E-state index in [1.807, 2.05) is 17.7 Å². The predicted molar refractivity (Wildman–Crippen MR) is 82.7 cm³/mol. The van der Waals surface area contributed by atoms with E-state index in [-0.39, 0.29) is 17.6 Å². The maximum absolute atomic E-state index is 13.7. The predicted octanol–water partition coefficient (Wildman–Crippen LogP) is 2.03. The van der Waals surface area contributed by atoms with Crippen LogP contribution in [0.3, 0.4) is 0 Å². The molecule has 2 aromatic heterocycles. The average molecular weight is 313 g/mol. The van der Waals surface area contributed by atoms with Crippen LogP contribution < -0.4 is 5.32 Å². The van der Waals surface area contributed by atoms with Crippen LogP contribution in [0, 0.1) is 5.82 Å². The molecule has 2 heterocycles. The number of aromatic nitrogens is 4. The molecule has 1 aromatic carbocycles. The van der Waals surface area contributed by atoms with E-state index in [0.717, 1.165) is 0 Å². The van der Waals surface area contributed by atoms with Crippen LogP contribution in [0.4, 0.5) is 4.39 Å². The molecule has 0 saturated carbocycles. The zero-order valence-electron chi connectivity index (χ0n) is 12.6. The van der Waals surface area contributed by atoms with E-state index in [2.05, 4.69) is 15.4 Å². The van der Waals surface area contributed by atoms with Crippen molar-refractivity contribution in [2.75, 3.05) is 0 Å².